The molecule has 2 N–H and O–H groups in total. The third kappa shape index (κ3) is 5.43. The fourth-order valence-corrected chi connectivity index (χ4v) is 4.34. The van der Waals surface area contributed by atoms with Gasteiger partial charge in [0.05, 0.1) is 20.3 Å². The summed E-state index contributed by atoms with van der Waals surface area (Å²) >= 11 is 0. The lowest BCUT2D eigenvalue weighted by atomic mass is 9.96. The third-order valence-corrected chi connectivity index (χ3v) is 6.28. The van der Waals surface area contributed by atoms with E-state index in [-0.39, 0.29) is 19.0 Å². The predicted octanol–water partition coefficient (Wildman–Crippen LogP) is 3.61. The third-order valence-electron chi connectivity index (χ3n) is 6.28. The van der Waals surface area contributed by atoms with Gasteiger partial charge in [0.15, 0.2) is 12.6 Å². The molecule has 8 heteroatoms. The number of rotatable bonds is 7. The zero-order chi connectivity index (χ0) is 24.9. The lowest BCUT2D eigenvalue weighted by Gasteiger charge is -2.46. The van der Waals surface area contributed by atoms with E-state index in [2.05, 4.69) is 4.99 Å². The van der Waals surface area contributed by atoms with E-state index in [1.807, 2.05) is 60.7 Å². The van der Waals surface area contributed by atoms with Gasteiger partial charge in [-0.25, -0.2) is 0 Å². The minimum Gasteiger partial charge on any atom is -0.507 e. The number of ether oxygens (including phenoxy) is 5. The molecule has 36 heavy (non-hydrogen) atoms. The Kier molecular flexibility index (Phi) is 7.60. The molecule has 0 spiro atoms. The second kappa shape index (κ2) is 11.2. The van der Waals surface area contributed by atoms with Crippen molar-refractivity contribution in [1.82, 2.24) is 0 Å². The van der Waals surface area contributed by atoms with E-state index >= 15 is 0 Å². The Bertz CT molecular complexity index is 1160. The highest BCUT2D eigenvalue weighted by molar-refractivity contribution is 5.84. The number of phenolic OH excluding ortho intramolecular Hbond substituents is 1. The largest absolute Gasteiger partial charge is 0.507 e. The van der Waals surface area contributed by atoms with E-state index in [9.17, 15) is 10.2 Å². The van der Waals surface area contributed by atoms with E-state index in [1.165, 1.54) is 12.3 Å². The number of aliphatic hydroxyl groups excluding tert-OH is 1. The summed E-state index contributed by atoms with van der Waals surface area (Å²) in [5.41, 5.74) is 2.26. The number of phenols is 1. The maximum atomic E-state index is 11.4. The highest BCUT2D eigenvalue weighted by Crippen LogP contribution is 2.35. The average molecular weight is 492 g/mol. The molecule has 8 nitrogen and oxygen atoms in total. The fraction of sp³-hybridized carbons (Fsp3) is 0.321. The zero-order valence-electron chi connectivity index (χ0n) is 19.8. The molecule has 2 aliphatic rings. The summed E-state index contributed by atoms with van der Waals surface area (Å²) in [5, 5.41) is 21.7. The molecule has 0 radical (unpaired) electrons. The lowest BCUT2D eigenvalue weighted by molar-refractivity contribution is -0.343. The number of aliphatic imine (C=N–C) groups is 1. The number of benzene rings is 3. The number of fused-ring (bicyclic) bond motifs is 1. The maximum absolute atomic E-state index is 11.4. The average Bonchev–Trinajstić information content (AvgIpc) is 2.93. The Balaban J connectivity index is 1.39. The van der Waals surface area contributed by atoms with Gasteiger partial charge < -0.3 is 33.9 Å². The van der Waals surface area contributed by atoms with Crippen LogP contribution in [0.5, 0.6) is 11.5 Å². The van der Waals surface area contributed by atoms with Crippen LogP contribution in [0.4, 0.5) is 0 Å². The topological polar surface area (TPSA) is 99.0 Å². The first-order valence-corrected chi connectivity index (χ1v) is 11.8. The number of nitrogens with zero attached hydrogens (tertiary/aromatic N) is 1. The highest BCUT2D eigenvalue weighted by atomic mass is 16.7. The van der Waals surface area contributed by atoms with Gasteiger partial charge in [0, 0.05) is 17.3 Å². The first kappa shape index (κ1) is 24.4. The fourth-order valence-electron chi connectivity index (χ4n) is 4.34. The van der Waals surface area contributed by atoms with Crippen LogP contribution in [-0.4, -0.2) is 60.8 Å². The van der Waals surface area contributed by atoms with E-state index in [4.69, 9.17) is 23.7 Å². The van der Waals surface area contributed by atoms with Crippen molar-refractivity contribution in [3.05, 3.63) is 95.6 Å². The van der Waals surface area contributed by atoms with Crippen LogP contribution >= 0.6 is 0 Å². The number of hydrogen-bond donors (Lipinski definition) is 2. The first-order valence-electron chi connectivity index (χ1n) is 11.8. The summed E-state index contributed by atoms with van der Waals surface area (Å²) in [6, 6.07) is 23.3. The van der Waals surface area contributed by atoms with Crippen LogP contribution in [0.25, 0.3) is 0 Å². The molecule has 5 rings (SSSR count). The summed E-state index contributed by atoms with van der Waals surface area (Å²) in [5.74, 6) is 0.613. The zero-order valence-corrected chi connectivity index (χ0v) is 19.8. The summed E-state index contributed by atoms with van der Waals surface area (Å²) in [6.07, 6.45) is -2.24. The second-order valence-electron chi connectivity index (χ2n) is 8.70. The molecule has 0 bridgehead atoms. The number of methoxy groups -OCH3 is 1. The van der Waals surface area contributed by atoms with Crippen LogP contribution in [-0.2, 0) is 25.6 Å². The molecule has 0 aliphatic carbocycles. The SMILES string of the molecule is COc1ccc(O)c(C=N[C@H]2[C@@H](OCc3ccccc3)O[C@@H]3COC(c4ccccc4)O[C@H]3[C@@H]2O)c1. The molecular weight excluding hydrogens is 462 g/mol. The van der Waals surface area contributed by atoms with Crippen LogP contribution in [0, 0.1) is 0 Å². The van der Waals surface area contributed by atoms with Crippen molar-refractivity contribution < 1.29 is 33.9 Å². The van der Waals surface area contributed by atoms with E-state index < -0.39 is 36.9 Å². The van der Waals surface area contributed by atoms with Gasteiger partial charge in [-0.2, -0.15) is 0 Å². The summed E-state index contributed by atoms with van der Waals surface area (Å²) in [4.78, 5) is 4.59. The molecule has 3 aromatic carbocycles. The predicted molar refractivity (Wildman–Crippen MR) is 132 cm³/mol. The molecule has 2 saturated heterocycles. The van der Waals surface area contributed by atoms with Gasteiger partial charge in [-0.15, -0.1) is 0 Å². The summed E-state index contributed by atoms with van der Waals surface area (Å²) in [6.45, 7) is 0.514. The Morgan fingerprint density at radius 3 is 2.50 bits per heavy atom. The van der Waals surface area contributed by atoms with Gasteiger partial charge in [0.25, 0.3) is 0 Å². The maximum Gasteiger partial charge on any atom is 0.184 e. The molecule has 0 saturated carbocycles. The van der Waals surface area contributed by atoms with Crippen molar-refractivity contribution >= 4 is 6.21 Å². The minimum atomic E-state index is -1.04. The van der Waals surface area contributed by atoms with Gasteiger partial charge in [0.2, 0.25) is 0 Å². The molecule has 6 atom stereocenters. The van der Waals surface area contributed by atoms with Gasteiger partial charge in [-0.3, -0.25) is 4.99 Å². The summed E-state index contributed by atoms with van der Waals surface area (Å²) < 4.78 is 29.6. The monoisotopic (exact) mass is 491 g/mol. The quantitative estimate of drug-likeness (QED) is 0.487. The molecule has 0 amide bonds. The Labute approximate surface area is 209 Å². The van der Waals surface area contributed by atoms with Crippen LogP contribution in [0.15, 0.2) is 83.9 Å². The Morgan fingerprint density at radius 1 is 1.00 bits per heavy atom. The van der Waals surface area contributed by atoms with Gasteiger partial charge in [-0.05, 0) is 23.8 Å². The molecule has 2 fully saturated rings. The van der Waals surface area contributed by atoms with Crippen LogP contribution < -0.4 is 4.74 Å². The van der Waals surface area contributed by atoms with Crippen LogP contribution in [0.2, 0.25) is 0 Å². The van der Waals surface area contributed by atoms with Crippen molar-refractivity contribution in [2.75, 3.05) is 13.7 Å². The number of hydrogen-bond acceptors (Lipinski definition) is 8. The van der Waals surface area contributed by atoms with Crippen molar-refractivity contribution in [1.29, 1.82) is 0 Å². The van der Waals surface area contributed by atoms with Crippen molar-refractivity contribution in [3.63, 3.8) is 0 Å². The lowest BCUT2D eigenvalue weighted by Crippen LogP contribution is -2.61. The number of aromatic hydroxyl groups is 1. The molecule has 0 aromatic heterocycles. The smallest absolute Gasteiger partial charge is 0.184 e. The summed E-state index contributed by atoms with van der Waals surface area (Å²) in [7, 11) is 1.55. The van der Waals surface area contributed by atoms with Crippen LogP contribution in [0.3, 0.4) is 0 Å². The van der Waals surface area contributed by atoms with Gasteiger partial charge in [-0.1, -0.05) is 60.7 Å². The van der Waals surface area contributed by atoms with Crippen LogP contribution in [0.1, 0.15) is 23.0 Å². The van der Waals surface area contributed by atoms with Crippen molar-refractivity contribution in [3.8, 4) is 11.5 Å². The standard InChI is InChI=1S/C28H29NO7/c1-32-21-12-13-22(30)20(14-21)15-29-24-25(31)26-23(17-34-27(36-26)19-10-6-3-7-11-19)35-28(24)33-16-18-8-4-2-5-9-18/h2-15,23-28,30-31H,16-17H2,1H3/t23-,24-,25-,26-,27?,28+/m1/s1. The molecular formula is C28H29NO7. The van der Waals surface area contributed by atoms with E-state index in [0.29, 0.717) is 11.3 Å². The number of aliphatic hydroxyl groups is 1. The van der Waals surface area contributed by atoms with Gasteiger partial charge >= 0.3 is 0 Å². The minimum absolute atomic E-state index is 0.0388. The Morgan fingerprint density at radius 2 is 1.75 bits per heavy atom. The molecule has 2 heterocycles. The van der Waals surface area contributed by atoms with E-state index in [1.54, 1.807) is 19.2 Å². The second-order valence-corrected chi connectivity index (χ2v) is 8.70. The normalized spacial score (nSPS) is 28.1. The molecule has 1 unspecified atom stereocenters. The highest BCUT2D eigenvalue weighted by Gasteiger charge is 2.49. The molecule has 188 valence electrons. The molecule has 3 aromatic rings. The van der Waals surface area contributed by atoms with Gasteiger partial charge in [0.1, 0.15) is 35.9 Å². The first-order chi connectivity index (χ1) is 17.6. The molecule has 2 aliphatic heterocycles. The van der Waals surface area contributed by atoms with E-state index in [0.717, 1.165) is 11.1 Å². The van der Waals surface area contributed by atoms with Crippen molar-refractivity contribution in [2.24, 2.45) is 4.99 Å². The van der Waals surface area contributed by atoms with Crippen molar-refractivity contribution in [2.45, 2.75) is 43.5 Å². The Hall–Kier alpha value is -3.27.